The standard InChI is InChI=1S/C14H18N4O4/c1-9(2)7-10(13(20)21)15-12(19)8-18-14(22)17-6-4-3-5-11(17)16-18/h3-6,9-10H,7-8H2,1-2H3,(H,15,19)(H,20,21)/t10-/m0/s1. The average molecular weight is 306 g/mol. The summed E-state index contributed by atoms with van der Waals surface area (Å²) >= 11 is 0. The molecule has 0 radical (unpaired) electrons. The molecule has 2 N–H and O–H groups in total. The number of carboxylic acid groups (broad SMARTS) is 1. The van der Waals surface area contributed by atoms with Gasteiger partial charge in [0.2, 0.25) is 5.91 Å². The van der Waals surface area contributed by atoms with Crippen LogP contribution in [0.15, 0.2) is 29.2 Å². The summed E-state index contributed by atoms with van der Waals surface area (Å²) in [6.45, 7) is 3.42. The summed E-state index contributed by atoms with van der Waals surface area (Å²) in [5.74, 6) is -1.53. The summed E-state index contributed by atoms with van der Waals surface area (Å²) < 4.78 is 2.33. The van der Waals surface area contributed by atoms with Gasteiger partial charge in [-0.15, -0.1) is 5.10 Å². The van der Waals surface area contributed by atoms with Crippen molar-refractivity contribution in [3.8, 4) is 0 Å². The Bertz CT molecular complexity index is 747. The highest BCUT2D eigenvalue weighted by Gasteiger charge is 2.21. The van der Waals surface area contributed by atoms with Crippen molar-refractivity contribution in [1.29, 1.82) is 0 Å². The zero-order valence-corrected chi connectivity index (χ0v) is 12.4. The Kier molecular flexibility index (Phi) is 4.59. The van der Waals surface area contributed by atoms with Crippen molar-refractivity contribution in [2.75, 3.05) is 0 Å². The van der Waals surface area contributed by atoms with E-state index in [0.29, 0.717) is 12.1 Å². The minimum Gasteiger partial charge on any atom is -0.480 e. The molecule has 1 amide bonds. The van der Waals surface area contributed by atoms with Gasteiger partial charge in [-0.3, -0.25) is 9.20 Å². The van der Waals surface area contributed by atoms with Gasteiger partial charge < -0.3 is 10.4 Å². The van der Waals surface area contributed by atoms with Gasteiger partial charge in [0.05, 0.1) is 0 Å². The van der Waals surface area contributed by atoms with Crippen LogP contribution in [-0.4, -0.2) is 37.2 Å². The Labute approximate surface area is 126 Å². The Balaban J connectivity index is 2.11. The molecule has 1 atom stereocenters. The Morgan fingerprint density at radius 1 is 1.36 bits per heavy atom. The van der Waals surface area contributed by atoms with Crippen LogP contribution in [-0.2, 0) is 16.1 Å². The molecule has 0 unspecified atom stereocenters. The van der Waals surface area contributed by atoms with Gasteiger partial charge in [-0.1, -0.05) is 19.9 Å². The number of hydrogen-bond acceptors (Lipinski definition) is 4. The van der Waals surface area contributed by atoms with Gasteiger partial charge in [0.15, 0.2) is 5.65 Å². The number of carbonyl (C=O) groups excluding carboxylic acids is 1. The third-order valence-electron chi connectivity index (χ3n) is 3.12. The topological polar surface area (TPSA) is 106 Å². The van der Waals surface area contributed by atoms with E-state index >= 15 is 0 Å². The molecule has 2 heterocycles. The van der Waals surface area contributed by atoms with Crippen molar-refractivity contribution in [3.05, 3.63) is 34.9 Å². The number of rotatable bonds is 6. The molecule has 22 heavy (non-hydrogen) atoms. The number of aliphatic carboxylic acids is 1. The van der Waals surface area contributed by atoms with Gasteiger partial charge in [-0.25, -0.2) is 14.3 Å². The molecule has 0 aliphatic carbocycles. The molecule has 2 aromatic heterocycles. The number of nitrogens with zero attached hydrogens (tertiary/aromatic N) is 3. The van der Waals surface area contributed by atoms with E-state index in [9.17, 15) is 14.4 Å². The third kappa shape index (κ3) is 3.51. The largest absolute Gasteiger partial charge is 0.480 e. The summed E-state index contributed by atoms with van der Waals surface area (Å²) in [4.78, 5) is 35.1. The quantitative estimate of drug-likeness (QED) is 0.788. The summed E-state index contributed by atoms with van der Waals surface area (Å²) in [6, 6.07) is 4.09. The monoisotopic (exact) mass is 306 g/mol. The van der Waals surface area contributed by atoms with Crippen molar-refractivity contribution in [2.45, 2.75) is 32.9 Å². The second-order valence-electron chi connectivity index (χ2n) is 5.46. The number of amides is 1. The summed E-state index contributed by atoms with van der Waals surface area (Å²) in [6.07, 6.45) is 1.87. The van der Waals surface area contributed by atoms with E-state index in [1.54, 1.807) is 24.4 Å². The van der Waals surface area contributed by atoms with Gasteiger partial charge in [-0.2, -0.15) is 0 Å². The van der Waals surface area contributed by atoms with Gasteiger partial charge in [-0.05, 0) is 24.5 Å². The molecular weight excluding hydrogens is 288 g/mol. The average Bonchev–Trinajstić information content (AvgIpc) is 2.74. The molecule has 0 saturated carbocycles. The predicted octanol–water partition coefficient (Wildman–Crippen LogP) is 0.111. The lowest BCUT2D eigenvalue weighted by Crippen LogP contribution is -2.44. The minimum atomic E-state index is -1.09. The number of carbonyl (C=O) groups is 2. The first-order valence-electron chi connectivity index (χ1n) is 6.95. The van der Waals surface area contributed by atoms with Crippen molar-refractivity contribution >= 4 is 17.5 Å². The first kappa shape index (κ1) is 15.7. The maximum Gasteiger partial charge on any atom is 0.350 e. The van der Waals surface area contributed by atoms with E-state index in [4.69, 9.17) is 5.11 Å². The van der Waals surface area contributed by atoms with E-state index < -0.39 is 23.6 Å². The second kappa shape index (κ2) is 6.42. The van der Waals surface area contributed by atoms with Gasteiger partial charge in [0.25, 0.3) is 0 Å². The minimum absolute atomic E-state index is 0.124. The lowest BCUT2D eigenvalue weighted by Gasteiger charge is -2.16. The number of hydrogen-bond donors (Lipinski definition) is 2. The van der Waals surface area contributed by atoms with Crippen LogP contribution >= 0.6 is 0 Å². The van der Waals surface area contributed by atoms with E-state index in [1.807, 2.05) is 13.8 Å². The number of aromatic nitrogens is 3. The molecule has 0 saturated heterocycles. The lowest BCUT2D eigenvalue weighted by atomic mass is 10.0. The summed E-state index contributed by atoms with van der Waals surface area (Å²) in [7, 11) is 0. The fraction of sp³-hybridized carbons (Fsp3) is 0.429. The van der Waals surface area contributed by atoms with Gasteiger partial charge >= 0.3 is 11.7 Å². The molecule has 0 spiro atoms. The van der Waals surface area contributed by atoms with E-state index in [0.717, 1.165) is 4.68 Å². The third-order valence-corrected chi connectivity index (χ3v) is 3.12. The van der Waals surface area contributed by atoms with Crippen LogP contribution in [0.4, 0.5) is 0 Å². The smallest absolute Gasteiger partial charge is 0.350 e. The van der Waals surface area contributed by atoms with Crippen molar-refractivity contribution in [1.82, 2.24) is 19.5 Å². The maximum absolute atomic E-state index is 12.0. The first-order valence-corrected chi connectivity index (χ1v) is 6.95. The Morgan fingerprint density at radius 3 is 2.68 bits per heavy atom. The van der Waals surface area contributed by atoms with Crippen LogP contribution in [0.5, 0.6) is 0 Å². The number of carboxylic acids is 1. The van der Waals surface area contributed by atoms with Crippen LogP contribution in [0.3, 0.4) is 0 Å². The van der Waals surface area contributed by atoms with Gasteiger partial charge in [0, 0.05) is 6.20 Å². The summed E-state index contributed by atoms with van der Waals surface area (Å²) in [5.41, 5.74) is -0.0150. The molecule has 2 aromatic rings. The Hall–Kier alpha value is -2.64. The molecule has 8 nitrogen and oxygen atoms in total. The van der Waals surface area contributed by atoms with E-state index in [2.05, 4.69) is 10.4 Å². The second-order valence-corrected chi connectivity index (χ2v) is 5.46. The summed E-state index contributed by atoms with van der Waals surface area (Å²) in [5, 5.41) is 15.5. The van der Waals surface area contributed by atoms with E-state index in [1.165, 1.54) is 4.40 Å². The van der Waals surface area contributed by atoms with E-state index in [-0.39, 0.29) is 12.5 Å². The zero-order chi connectivity index (χ0) is 16.3. The molecule has 0 bridgehead atoms. The molecule has 0 fully saturated rings. The number of pyridine rings is 1. The predicted molar refractivity (Wildman–Crippen MR) is 78.5 cm³/mol. The molecule has 0 aliphatic heterocycles. The molecule has 118 valence electrons. The highest BCUT2D eigenvalue weighted by atomic mass is 16.4. The van der Waals surface area contributed by atoms with Crippen LogP contribution in [0.2, 0.25) is 0 Å². The SMILES string of the molecule is CC(C)C[C@H](NC(=O)Cn1nc2ccccn2c1=O)C(=O)O. The fourth-order valence-corrected chi connectivity index (χ4v) is 2.14. The van der Waals surface area contributed by atoms with Crippen LogP contribution < -0.4 is 11.0 Å². The highest BCUT2D eigenvalue weighted by Crippen LogP contribution is 2.05. The lowest BCUT2D eigenvalue weighted by molar-refractivity contribution is -0.142. The number of fused-ring (bicyclic) bond motifs is 1. The maximum atomic E-state index is 12.0. The van der Waals surface area contributed by atoms with Crippen molar-refractivity contribution in [2.24, 2.45) is 5.92 Å². The molecular formula is C14H18N4O4. The highest BCUT2D eigenvalue weighted by molar-refractivity contribution is 5.83. The molecule has 0 aliphatic rings. The van der Waals surface area contributed by atoms with Crippen molar-refractivity contribution in [3.63, 3.8) is 0 Å². The van der Waals surface area contributed by atoms with Crippen LogP contribution in [0.1, 0.15) is 20.3 Å². The van der Waals surface area contributed by atoms with Crippen LogP contribution in [0.25, 0.3) is 5.65 Å². The van der Waals surface area contributed by atoms with Crippen LogP contribution in [0, 0.1) is 5.92 Å². The fourth-order valence-electron chi connectivity index (χ4n) is 2.14. The normalized spacial score (nSPS) is 12.5. The van der Waals surface area contributed by atoms with Crippen molar-refractivity contribution < 1.29 is 14.7 Å². The molecule has 8 heteroatoms. The first-order chi connectivity index (χ1) is 10.4. The molecule has 2 rings (SSSR count). The Morgan fingerprint density at radius 2 is 2.09 bits per heavy atom. The zero-order valence-electron chi connectivity index (χ0n) is 12.4. The molecule has 0 aromatic carbocycles. The van der Waals surface area contributed by atoms with Gasteiger partial charge in [0.1, 0.15) is 12.6 Å². The number of nitrogens with one attached hydrogen (secondary N) is 1.